The molecule has 0 atom stereocenters. The Morgan fingerprint density at radius 2 is 2.07 bits per heavy atom. The van der Waals surface area contributed by atoms with Crippen LogP contribution in [0.5, 0.6) is 0 Å². The van der Waals surface area contributed by atoms with Gasteiger partial charge < -0.3 is 5.32 Å². The van der Waals surface area contributed by atoms with Crippen molar-refractivity contribution in [2.45, 2.75) is 44.9 Å². The minimum absolute atomic E-state index is 0.0251. The molecule has 0 radical (unpaired) electrons. The van der Waals surface area contributed by atoms with Crippen LogP contribution in [0.1, 0.15) is 44.9 Å². The minimum atomic E-state index is 0.0251. The van der Waals surface area contributed by atoms with Gasteiger partial charge in [-0.3, -0.25) is 4.79 Å². The van der Waals surface area contributed by atoms with Gasteiger partial charge in [-0.1, -0.05) is 19.3 Å². The first kappa shape index (κ1) is 11.0. The molecule has 3 nitrogen and oxygen atoms in total. The van der Waals surface area contributed by atoms with Crippen LogP contribution in [0.25, 0.3) is 0 Å². The molecule has 0 aromatic rings. The largest absolute Gasteiger partial charge is 0.356 e. The summed E-state index contributed by atoms with van der Waals surface area (Å²) in [6.07, 6.45) is 7.13. The van der Waals surface area contributed by atoms with E-state index in [1.807, 2.05) is 6.07 Å². The van der Waals surface area contributed by atoms with Crippen molar-refractivity contribution < 1.29 is 4.79 Å². The Morgan fingerprint density at radius 3 is 2.71 bits per heavy atom. The molecular formula is C11H18N2O. The van der Waals surface area contributed by atoms with Gasteiger partial charge in [-0.15, -0.1) is 0 Å². The van der Waals surface area contributed by atoms with Gasteiger partial charge in [-0.05, 0) is 18.8 Å². The van der Waals surface area contributed by atoms with E-state index in [0.29, 0.717) is 18.8 Å². The van der Waals surface area contributed by atoms with E-state index in [1.54, 1.807) is 0 Å². The lowest BCUT2D eigenvalue weighted by atomic mass is 9.89. The van der Waals surface area contributed by atoms with Crippen molar-refractivity contribution in [1.82, 2.24) is 5.32 Å². The maximum absolute atomic E-state index is 11.2. The molecular weight excluding hydrogens is 176 g/mol. The van der Waals surface area contributed by atoms with Crippen molar-refractivity contribution in [2.24, 2.45) is 5.92 Å². The van der Waals surface area contributed by atoms with Crippen LogP contribution in [0, 0.1) is 17.2 Å². The van der Waals surface area contributed by atoms with Gasteiger partial charge >= 0.3 is 0 Å². The van der Waals surface area contributed by atoms with Crippen LogP contribution in [0.2, 0.25) is 0 Å². The molecule has 0 aliphatic heterocycles. The fraction of sp³-hybridized carbons (Fsp3) is 0.818. The summed E-state index contributed by atoms with van der Waals surface area (Å²) in [5.41, 5.74) is 0. The average molecular weight is 194 g/mol. The van der Waals surface area contributed by atoms with Crippen LogP contribution in [0.3, 0.4) is 0 Å². The Kier molecular flexibility index (Phi) is 5.06. The number of hydrogen-bond acceptors (Lipinski definition) is 2. The Balaban J connectivity index is 2.07. The Hall–Kier alpha value is -1.04. The smallest absolute Gasteiger partial charge is 0.221 e. The molecule has 1 fully saturated rings. The maximum Gasteiger partial charge on any atom is 0.221 e. The summed E-state index contributed by atoms with van der Waals surface area (Å²) in [4.78, 5) is 11.2. The van der Waals surface area contributed by atoms with Crippen LogP contribution >= 0.6 is 0 Å². The molecule has 1 amide bonds. The molecule has 14 heavy (non-hydrogen) atoms. The lowest BCUT2D eigenvalue weighted by molar-refractivity contribution is -0.121. The molecule has 0 aromatic carbocycles. The van der Waals surface area contributed by atoms with E-state index < -0.39 is 0 Å². The van der Waals surface area contributed by atoms with Gasteiger partial charge in [-0.25, -0.2) is 0 Å². The molecule has 0 saturated heterocycles. The van der Waals surface area contributed by atoms with Gasteiger partial charge in [-0.2, -0.15) is 5.26 Å². The number of nitrogens with zero attached hydrogens (tertiary/aromatic N) is 1. The first-order valence-electron chi connectivity index (χ1n) is 5.46. The number of rotatable bonds is 4. The number of amides is 1. The summed E-state index contributed by atoms with van der Waals surface area (Å²) < 4.78 is 0. The fourth-order valence-corrected chi connectivity index (χ4v) is 1.91. The van der Waals surface area contributed by atoms with E-state index in [9.17, 15) is 4.79 Å². The van der Waals surface area contributed by atoms with Crippen LogP contribution < -0.4 is 5.32 Å². The standard InChI is InChI=1S/C11H18N2O/c12-8-4-7-11(14)13-9-10-5-2-1-3-6-10/h10H,1-7,9H2,(H,13,14). The summed E-state index contributed by atoms with van der Waals surface area (Å²) in [6.45, 7) is 0.810. The number of nitrogens with one attached hydrogen (secondary N) is 1. The van der Waals surface area contributed by atoms with Gasteiger partial charge in [0, 0.05) is 19.4 Å². The van der Waals surface area contributed by atoms with Crippen molar-refractivity contribution in [2.75, 3.05) is 6.54 Å². The predicted octanol–water partition coefficient (Wildman–Crippen LogP) is 1.99. The molecule has 3 heteroatoms. The third kappa shape index (κ3) is 4.27. The number of nitriles is 1. The molecule has 1 aliphatic carbocycles. The zero-order valence-electron chi connectivity index (χ0n) is 8.59. The summed E-state index contributed by atoms with van der Waals surface area (Å²) in [5, 5.41) is 11.2. The fourth-order valence-electron chi connectivity index (χ4n) is 1.91. The van der Waals surface area contributed by atoms with E-state index >= 15 is 0 Å². The number of hydrogen-bond donors (Lipinski definition) is 1. The SMILES string of the molecule is N#CCCC(=O)NCC1CCCCC1. The summed E-state index contributed by atoms with van der Waals surface area (Å²) in [5.74, 6) is 0.701. The second kappa shape index (κ2) is 6.42. The van der Waals surface area contributed by atoms with E-state index in [1.165, 1.54) is 32.1 Å². The second-order valence-electron chi connectivity index (χ2n) is 3.97. The van der Waals surface area contributed by atoms with Gasteiger partial charge in [0.1, 0.15) is 0 Å². The maximum atomic E-state index is 11.2. The lowest BCUT2D eigenvalue weighted by Gasteiger charge is -2.21. The first-order valence-corrected chi connectivity index (χ1v) is 5.46. The quantitative estimate of drug-likeness (QED) is 0.744. The third-order valence-corrected chi connectivity index (χ3v) is 2.78. The highest BCUT2D eigenvalue weighted by atomic mass is 16.1. The average Bonchev–Trinajstić information content (AvgIpc) is 2.25. The third-order valence-electron chi connectivity index (χ3n) is 2.78. The lowest BCUT2D eigenvalue weighted by Crippen LogP contribution is -2.29. The van der Waals surface area contributed by atoms with Crippen molar-refractivity contribution in [3.05, 3.63) is 0 Å². The molecule has 1 N–H and O–H groups in total. The van der Waals surface area contributed by atoms with E-state index in [4.69, 9.17) is 5.26 Å². The first-order chi connectivity index (χ1) is 6.83. The van der Waals surface area contributed by atoms with Gasteiger partial charge in [0.15, 0.2) is 0 Å². The summed E-state index contributed by atoms with van der Waals surface area (Å²) in [6, 6.07) is 1.98. The highest BCUT2D eigenvalue weighted by molar-refractivity contribution is 5.76. The highest BCUT2D eigenvalue weighted by Crippen LogP contribution is 2.22. The zero-order valence-corrected chi connectivity index (χ0v) is 8.59. The van der Waals surface area contributed by atoms with Crippen molar-refractivity contribution in [3.63, 3.8) is 0 Å². The Labute approximate surface area is 85.5 Å². The highest BCUT2D eigenvalue weighted by Gasteiger charge is 2.13. The van der Waals surface area contributed by atoms with Crippen LogP contribution in [0.4, 0.5) is 0 Å². The van der Waals surface area contributed by atoms with E-state index in [-0.39, 0.29) is 5.91 Å². The summed E-state index contributed by atoms with van der Waals surface area (Å²) >= 11 is 0. The van der Waals surface area contributed by atoms with Crippen LogP contribution in [0.15, 0.2) is 0 Å². The Morgan fingerprint density at radius 1 is 1.36 bits per heavy atom. The van der Waals surface area contributed by atoms with Crippen LogP contribution in [-0.4, -0.2) is 12.5 Å². The number of carbonyl (C=O) groups excluding carboxylic acids is 1. The molecule has 78 valence electrons. The molecule has 0 unspecified atom stereocenters. The van der Waals surface area contributed by atoms with Gasteiger partial charge in [0.2, 0.25) is 5.91 Å². The zero-order chi connectivity index (χ0) is 10.2. The van der Waals surface area contributed by atoms with Gasteiger partial charge in [0.25, 0.3) is 0 Å². The molecule has 0 bridgehead atoms. The van der Waals surface area contributed by atoms with Crippen LogP contribution in [-0.2, 0) is 4.79 Å². The molecule has 1 saturated carbocycles. The molecule has 0 heterocycles. The van der Waals surface area contributed by atoms with Gasteiger partial charge in [0.05, 0.1) is 6.07 Å². The van der Waals surface area contributed by atoms with Crippen molar-refractivity contribution >= 4 is 5.91 Å². The molecule has 1 aliphatic rings. The predicted molar refractivity (Wildman–Crippen MR) is 54.4 cm³/mol. The monoisotopic (exact) mass is 194 g/mol. The normalized spacial score (nSPS) is 17.4. The minimum Gasteiger partial charge on any atom is -0.356 e. The summed E-state index contributed by atoms with van der Waals surface area (Å²) in [7, 11) is 0. The Bertz CT molecular complexity index is 214. The molecule has 0 spiro atoms. The second-order valence-corrected chi connectivity index (χ2v) is 3.97. The van der Waals surface area contributed by atoms with E-state index in [0.717, 1.165) is 6.54 Å². The molecule has 0 aromatic heterocycles. The number of carbonyl (C=O) groups is 1. The topological polar surface area (TPSA) is 52.9 Å². The van der Waals surface area contributed by atoms with Crippen molar-refractivity contribution in [3.8, 4) is 6.07 Å². The van der Waals surface area contributed by atoms with E-state index in [2.05, 4.69) is 5.32 Å². The van der Waals surface area contributed by atoms with Crippen molar-refractivity contribution in [1.29, 1.82) is 5.26 Å². The molecule has 1 rings (SSSR count).